The highest BCUT2D eigenvalue weighted by Crippen LogP contribution is 2.32. The maximum Gasteiger partial charge on any atom is 0.187 e. The van der Waals surface area contributed by atoms with Gasteiger partial charge in [-0.1, -0.05) is 0 Å². The van der Waals surface area contributed by atoms with Gasteiger partial charge < -0.3 is 79.9 Å². The third kappa shape index (κ3) is 5.37. The average molecular weight is 504 g/mol. The second-order valence-corrected chi connectivity index (χ2v) is 8.33. The molecule has 0 amide bonds. The number of aliphatic hydroxyl groups excluding tert-OH is 11. The number of hydrogen-bond donors (Lipinski definition) is 11. The molecule has 0 aromatic rings. The Hall–Kier alpha value is -0.640. The fourth-order valence-corrected chi connectivity index (χ4v) is 4.04. The summed E-state index contributed by atoms with van der Waals surface area (Å²) in [4.78, 5) is 0. The lowest BCUT2D eigenvalue weighted by Crippen LogP contribution is -2.67. The predicted molar refractivity (Wildman–Crippen MR) is 101 cm³/mol. The summed E-state index contributed by atoms with van der Waals surface area (Å²) in [6, 6.07) is 0. The maximum atomic E-state index is 10.5. The summed E-state index contributed by atoms with van der Waals surface area (Å²) >= 11 is 0. The van der Waals surface area contributed by atoms with E-state index in [9.17, 15) is 56.2 Å². The van der Waals surface area contributed by atoms with Gasteiger partial charge in [0.15, 0.2) is 18.9 Å². The molecule has 1 unspecified atom stereocenters. The lowest BCUT2D eigenvalue weighted by atomic mass is 9.96. The van der Waals surface area contributed by atoms with Gasteiger partial charge in [0, 0.05) is 0 Å². The first kappa shape index (κ1) is 27.9. The molecule has 200 valence electrons. The highest BCUT2D eigenvalue weighted by atomic mass is 16.8. The monoisotopic (exact) mass is 504 g/mol. The Morgan fingerprint density at radius 2 is 0.853 bits per heavy atom. The lowest BCUT2D eigenvalue weighted by Gasteiger charge is -2.48. The summed E-state index contributed by atoms with van der Waals surface area (Å²) in [5.74, 6) is 0. The van der Waals surface area contributed by atoms with Crippen LogP contribution in [-0.4, -0.2) is 168 Å². The van der Waals surface area contributed by atoms with Crippen LogP contribution in [0.4, 0.5) is 0 Å². The fourth-order valence-electron chi connectivity index (χ4n) is 4.04. The highest BCUT2D eigenvalue weighted by molar-refractivity contribution is 4.96. The van der Waals surface area contributed by atoms with Crippen molar-refractivity contribution in [2.24, 2.45) is 0 Å². The van der Waals surface area contributed by atoms with Crippen LogP contribution in [-0.2, 0) is 23.7 Å². The molecule has 0 spiro atoms. The maximum absolute atomic E-state index is 10.5. The molecular formula is C18H32O16. The molecule has 3 heterocycles. The van der Waals surface area contributed by atoms with Crippen LogP contribution in [0.5, 0.6) is 0 Å². The average Bonchev–Trinajstić information content (AvgIpc) is 2.83. The van der Waals surface area contributed by atoms with E-state index in [1.54, 1.807) is 0 Å². The van der Waals surface area contributed by atoms with E-state index in [0.717, 1.165) is 0 Å². The zero-order valence-corrected chi connectivity index (χ0v) is 17.7. The third-order valence-corrected chi connectivity index (χ3v) is 6.09. The van der Waals surface area contributed by atoms with Crippen LogP contribution in [0.15, 0.2) is 0 Å². The molecule has 15 atom stereocenters. The smallest absolute Gasteiger partial charge is 0.187 e. The van der Waals surface area contributed by atoms with Gasteiger partial charge in [0.2, 0.25) is 0 Å². The first-order valence-electron chi connectivity index (χ1n) is 10.6. The van der Waals surface area contributed by atoms with E-state index >= 15 is 0 Å². The van der Waals surface area contributed by atoms with Crippen molar-refractivity contribution in [3.63, 3.8) is 0 Å². The quantitative estimate of drug-likeness (QED) is 0.154. The van der Waals surface area contributed by atoms with E-state index in [4.69, 9.17) is 23.7 Å². The summed E-state index contributed by atoms with van der Waals surface area (Å²) < 4.78 is 26.7. The molecule has 3 fully saturated rings. The van der Waals surface area contributed by atoms with Crippen LogP contribution in [0.3, 0.4) is 0 Å². The fraction of sp³-hybridized carbons (Fsp3) is 1.00. The van der Waals surface area contributed by atoms with E-state index in [0.29, 0.717) is 0 Å². The minimum Gasteiger partial charge on any atom is -0.394 e. The molecule has 3 aliphatic rings. The summed E-state index contributed by atoms with van der Waals surface area (Å²) in [6.07, 6.45) is -25.6. The van der Waals surface area contributed by atoms with Crippen LogP contribution < -0.4 is 0 Å². The number of aliphatic hydroxyl groups is 11. The Kier molecular flexibility index (Phi) is 9.54. The van der Waals surface area contributed by atoms with Gasteiger partial charge in [-0.15, -0.1) is 0 Å². The molecule has 11 N–H and O–H groups in total. The van der Waals surface area contributed by atoms with Gasteiger partial charge in [-0.05, 0) is 0 Å². The van der Waals surface area contributed by atoms with Crippen molar-refractivity contribution in [3.8, 4) is 0 Å². The van der Waals surface area contributed by atoms with Gasteiger partial charge in [-0.25, -0.2) is 0 Å². The van der Waals surface area contributed by atoms with E-state index in [1.807, 2.05) is 0 Å². The molecule has 0 aromatic heterocycles. The van der Waals surface area contributed by atoms with E-state index in [1.165, 1.54) is 0 Å². The largest absolute Gasteiger partial charge is 0.394 e. The topological polar surface area (TPSA) is 269 Å². The third-order valence-electron chi connectivity index (χ3n) is 6.09. The van der Waals surface area contributed by atoms with Crippen LogP contribution in [0.1, 0.15) is 0 Å². The predicted octanol–water partition coefficient (Wildman–Crippen LogP) is -7.57. The molecular weight excluding hydrogens is 472 g/mol. The summed E-state index contributed by atoms with van der Waals surface area (Å²) in [5, 5.41) is 109. The Morgan fingerprint density at radius 1 is 0.441 bits per heavy atom. The molecule has 0 radical (unpaired) electrons. The molecule has 34 heavy (non-hydrogen) atoms. The number of ether oxygens (including phenoxy) is 5. The van der Waals surface area contributed by atoms with Crippen LogP contribution in [0.25, 0.3) is 0 Å². The van der Waals surface area contributed by atoms with Crippen molar-refractivity contribution in [3.05, 3.63) is 0 Å². The van der Waals surface area contributed by atoms with Crippen molar-refractivity contribution >= 4 is 0 Å². The molecule has 0 bridgehead atoms. The Morgan fingerprint density at radius 3 is 1.26 bits per heavy atom. The van der Waals surface area contributed by atoms with Crippen molar-refractivity contribution in [2.75, 3.05) is 19.8 Å². The zero-order chi connectivity index (χ0) is 25.3. The van der Waals surface area contributed by atoms with E-state index in [2.05, 4.69) is 0 Å². The summed E-state index contributed by atoms with van der Waals surface area (Å²) in [6.45, 7) is -2.35. The molecule has 3 rings (SSSR count). The first-order valence-corrected chi connectivity index (χ1v) is 10.6. The van der Waals surface area contributed by atoms with Gasteiger partial charge in [-0.2, -0.15) is 0 Å². The summed E-state index contributed by atoms with van der Waals surface area (Å²) in [5.41, 5.74) is 0. The molecule has 3 saturated heterocycles. The van der Waals surface area contributed by atoms with Gasteiger partial charge in [0.25, 0.3) is 0 Å². The second-order valence-electron chi connectivity index (χ2n) is 8.33. The van der Waals surface area contributed by atoms with Gasteiger partial charge in [-0.3, -0.25) is 0 Å². The standard InChI is InChI=1S/C18H32O16/c19-1-4-7(22)9(24)11(26)17(31-4)33-14-6(3-21)30-16(29)13(28)15(14)34-18-12(27)10(25)8(23)5(2-20)32-18/h4-29H,1-3H2/t4-,5-,6-,7-,8-,9+,10+,11-,12+,13-,14+,15-,16?,17-,18-/m1/s1. The van der Waals surface area contributed by atoms with Gasteiger partial charge in [0.1, 0.15) is 73.2 Å². The minimum absolute atomic E-state index is 0.762. The van der Waals surface area contributed by atoms with Crippen molar-refractivity contribution in [2.45, 2.75) is 92.1 Å². The van der Waals surface area contributed by atoms with Crippen LogP contribution >= 0.6 is 0 Å². The Labute approximate surface area is 192 Å². The molecule has 3 aliphatic heterocycles. The van der Waals surface area contributed by atoms with E-state index < -0.39 is 112 Å². The minimum atomic E-state index is -1.93. The number of rotatable bonds is 7. The highest BCUT2D eigenvalue weighted by Gasteiger charge is 2.53. The van der Waals surface area contributed by atoms with Crippen LogP contribution in [0, 0.1) is 0 Å². The lowest BCUT2D eigenvalue weighted by molar-refractivity contribution is -0.383. The first-order chi connectivity index (χ1) is 16.0. The van der Waals surface area contributed by atoms with Crippen molar-refractivity contribution in [1.29, 1.82) is 0 Å². The number of hydrogen-bond acceptors (Lipinski definition) is 16. The van der Waals surface area contributed by atoms with E-state index in [-0.39, 0.29) is 0 Å². The van der Waals surface area contributed by atoms with Crippen molar-refractivity contribution < 1.29 is 79.9 Å². The van der Waals surface area contributed by atoms with Crippen molar-refractivity contribution in [1.82, 2.24) is 0 Å². The molecule has 16 nitrogen and oxygen atoms in total. The molecule has 0 aliphatic carbocycles. The normalized spacial score (nSPS) is 52.5. The van der Waals surface area contributed by atoms with Gasteiger partial charge >= 0.3 is 0 Å². The SMILES string of the molecule is OC[C@H]1O[C@H](O[C@H]2[C@@H](O[C@H]3O[C@H](CO)[C@@H](O)[C@H](O)[C@H]3O)[C@@H](CO)OC(O)[C@@H]2O)[C@@H](O)[C@@H](O)[C@@H]1O. The summed E-state index contributed by atoms with van der Waals surface area (Å²) in [7, 11) is 0. The zero-order valence-electron chi connectivity index (χ0n) is 17.7. The molecule has 16 heteroatoms. The van der Waals surface area contributed by atoms with Gasteiger partial charge in [0.05, 0.1) is 19.8 Å². The Bertz CT molecular complexity index is 599. The molecule has 0 saturated carbocycles. The molecule has 0 aromatic carbocycles. The second kappa shape index (κ2) is 11.6. The Balaban J connectivity index is 1.84. The van der Waals surface area contributed by atoms with Crippen LogP contribution in [0.2, 0.25) is 0 Å².